The molecule has 1 aromatic carbocycles. The van der Waals surface area contributed by atoms with Gasteiger partial charge in [-0.1, -0.05) is 6.92 Å². The van der Waals surface area contributed by atoms with Crippen LogP contribution in [0.5, 0.6) is 0 Å². The Bertz CT molecular complexity index is 520. The summed E-state index contributed by atoms with van der Waals surface area (Å²) in [4.78, 5) is 12.2. The van der Waals surface area contributed by atoms with Gasteiger partial charge in [0.15, 0.2) is 0 Å². The summed E-state index contributed by atoms with van der Waals surface area (Å²) in [5.74, 6) is -0.691. The third-order valence-corrected chi connectivity index (χ3v) is 3.32. The molecule has 0 unspecified atom stereocenters. The number of nitrogens with two attached hydrogens (primary N) is 1. The smallest absolute Gasteiger partial charge is 0.338 e. The first-order valence-corrected chi connectivity index (χ1v) is 6.52. The number of fused-ring (bicyclic) bond motifs is 1. The number of carbonyl (C=O) groups excluding carboxylic acids is 1. The number of esters is 1. The highest BCUT2D eigenvalue weighted by molar-refractivity contribution is 5.92. The molecule has 0 aliphatic heterocycles. The van der Waals surface area contributed by atoms with E-state index < -0.39 is 11.6 Å². The van der Waals surface area contributed by atoms with E-state index in [1.165, 1.54) is 12.1 Å². The lowest BCUT2D eigenvalue weighted by molar-refractivity contribution is 0.00679. The number of hydrogen-bond acceptors (Lipinski definition) is 3. The molecule has 0 amide bonds. The predicted molar refractivity (Wildman–Crippen MR) is 71.5 cm³/mol. The zero-order valence-electron chi connectivity index (χ0n) is 11.8. The molecular formula is C15H20FNO2. The molecular weight excluding hydrogens is 245 g/mol. The van der Waals surface area contributed by atoms with Gasteiger partial charge in [-0.2, -0.15) is 0 Å². The van der Waals surface area contributed by atoms with Crippen LogP contribution in [-0.4, -0.2) is 11.6 Å². The zero-order chi connectivity index (χ0) is 14.4. The molecule has 4 heteroatoms. The first-order valence-electron chi connectivity index (χ1n) is 6.52. The highest BCUT2D eigenvalue weighted by Crippen LogP contribution is 2.42. The lowest BCUT2D eigenvalue weighted by Crippen LogP contribution is -2.25. The molecule has 2 N–H and O–H groups in total. The average molecular weight is 265 g/mol. The van der Waals surface area contributed by atoms with E-state index in [9.17, 15) is 9.18 Å². The van der Waals surface area contributed by atoms with Gasteiger partial charge in [0.25, 0.3) is 0 Å². The molecule has 0 aromatic heterocycles. The van der Waals surface area contributed by atoms with Gasteiger partial charge in [0, 0.05) is 6.04 Å². The molecule has 2 rings (SSSR count). The molecule has 1 aromatic rings. The van der Waals surface area contributed by atoms with Crippen molar-refractivity contribution >= 4 is 5.97 Å². The quantitative estimate of drug-likeness (QED) is 0.793. The highest BCUT2D eigenvalue weighted by Gasteiger charge is 2.34. The van der Waals surface area contributed by atoms with Crippen LogP contribution in [0.1, 0.15) is 67.6 Å². The van der Waals surface area contributed by atoms with Crippen LogP contribution in [0.3, 0.4) is 0 Å². The molecule has 0 radical (unpaired) electrons. The van der Waals surface area contributed by atoms with Crippen molar-refractivity contribution in [3.8, 4) is 0 Å². The standard InChI is InChI=1S/C15H20FNO2/c1-8-7-11(17)13-9(5-6-10(16)12(8)13)14(18)19-15(2,3)4/h5-6,8,11H,7,17H2,1-4H3/t8-,11-/m0/s1. The summed E-state index contributed by atoms with van der Waals surface area (Å²) in [5.41, 5.74) is 7.03. The molecule has 0 saturated heterocycles. The molecule has 1 aliphatic rings. The third kappa shape index (κ3) is 2.63. The summed E-state index contributed by atoms with van der Waals surface area (Å²) in [6.07, 6.45) is 0.659. The fourth-order valence-electron chi connectivity index (χ4n) is 2.64. The molecule has 0 heterocycles. The Kier molecular flexibility index (Phi) is 3.39. The molecule has 3 nitrogen and oxygen atoms in total. The number of carbonyl (C=O) groups is 1. The van der Waals surface area contributed by atoms with Gasteiger partial charge in [-0.3, -0.25) is 0 Å². The van der Waals surface area contributed by atoms with Crippen LogP contribution in [0.4, 0.5) is 4.39 Å². The van der Waals surface area contributed by atoms with Crippen molar-refractivity contribution in [2.45, 2.75) is 51.7 Å². The van der Waals surface area contributed by atoms with Crippen LogP contribution < -0.4 is 5.73 Å². The van der Waals surface area contributed by atoms with Crippen LogP contribution in [0.25, 0.3) is 0 Å². The first kappa shape index (κ1) is 14.0. The van der Waals surface area contributed by atoms with Crippen molar-refractivity contribution in [1.82, 2.24) is 0 Å². The van der Waals surface area contributed by atoms with Gasteiger partial charge in [0.05, 0.1) is 5.56 Å². The number of rotatable bonds is 1. The van der Waals surface area contributed by atoms with E-state index in [1.807, 2.05) is 6.92 Å². The van der Waals surface area contributed by atoms with Crippen molar-refractivity contribution < 1.29 is 13.9 Å². The van der Waals surface area contributed by atoms with E-state index in [2.05, 4.69) is 0 Å². The number of halogens is 1. The maximum absolute atomic E-state index is 13.9. The van der Waals surface area contributed by atoms with Crippen LogP contribution >= 0.6 is 0 Å². The Labute approximate surface area is 112 Å². The Morgan fingerprint density at radius 1 is 1.37 bits per heavy atom. The van der Waals surface area contributed by atoms with E-state index >= 15 is 0 Å². The summed E-state index contributed by atoms with van der Waals surface area (Å²) < 4.78 is 19.2. The number of hydrogen-bond donors (Lipinski definition) is 1. The maximum atomic E-state index is 13.9. The summed E-state index contributed by atoms with van der Waals surface area (Å²) in [7, 11) is 0. The Balaban J connectivity index is 2.47. The summed E-state index contributed by atoms with van der Waals surface area (Å²) in [5, 5.41) is 0. The van der Waals surface area contributed by atoms with Gasteiger partial charge in [-0.05, 0) is 56.4 Å². The van der Waals surface area contributed by atoms with Gasteiger partial charge in [0.1, 0.15) is 11.4 Å². The average Bonchev–Trinajstić information content (AvgIpc) is 2.53. The molecule has 0 bridgehead atoms. The second-order valence-electron chi connectivity index (χ2n) is 6.17. The van der Waals surface area contributed by atoms with Gasteiger partial charge >= 0.3 is 5.97 Å². The van der Waals surface area contributed by atoms with Crippen molar-refractivity contribution in [3.05, 3.63) is 34.6 Å². The lowest BCUT2D eigenvalue weighted by Gasteiger charge is -2.21. The monoisotopic (exact) mass is 265 g/mol. The Morgan fingerprint density at radius 2 is 2.00 bits per heavy atom. The van der Waals surface area contributed by atoms with E-state index in [-0.39, 0.29) is 17.8 Å². The highest BCUT2D eigenvalue weighted by atomic mass is 19.1. The molecule has 2 atom stereocenters. The van der Waals surface area contributed by atoms with Gasteiger partial charge in [-0.15, -0.1) is 0 Å². The first-order chi connectivity index (χ1) is 8.70. The van der Waals surface area contributed by atoms with Gasteiger partial charge < -0.3 is 10.5 Å². The zero-order valence-corrected chi connectivity index (χ0v) is 11.8. The van der Waals surface area contributed by atoms with Gasteiger partial charge in [-0.25, -0.2) is 9.18 Å². The Hall–Kier alpha value is -1.42. The second-order valence-corrected chi connectivity index (χ2v) is 6.17. The second kappa shape index (κ2) is 4.60. The third-order valence-electron chi connectivity index (χ3n) is 3.32. The van der Waals surface area contributed by atoms with E-state index in [1.54, 1.807) is 20.8 Å². The fraction of sp³-hybridized carbons (Fsp3) is 0.533. The summed E-state index contributed by atoms with van der Waals surface area (Å²) in [6, 6.07) is 2.50. The minimum absolute atomic E-state index is 0.0346. The normalized spacial score (nSPS) is 22.2. The summed E-state index contributed by atoms with van der Waals surface area (Å²) >= 11 is 0. The van der Waals surface area contributed by atoms with Gasteiger partial charge in [0.2, 0.25) is 0 Å². The molecule has 0 fully saturated rings. The molecule has 104 valence electrons. The molecule has 0 spiro atoms. The van der Waals surface area contributed by atoms with E-state index in [0.29, 0.717) is 23.1 Å². The van der Waals surface area contributed by atoms with Crippen LogP contribution in [0.2, 0.25) is 0 Å². The maximum Gasteiger partial charge on any atom is 0.338 e. The minimum Gasteiger partial charge on any atom is -0.456 e. The lowest BCUT2D eigenvalue weighted by atomic mass is 9.98. The Morgan fingerprint density at radius 3 is 2.58 bits per heavy atom. The largest absolute Gasteiger partial charge is 0.456 e. The van der Waals surface area contributed by atoms with E-state index in [4.69, 9.17) is 10.5 Å². The van der Waals surface area contributed by atoms with Crippen LogP contribution in [0.15, 0.2) is 12.1 Å². The number of ether oxygens (including phenoxy) is 1. The SMILES string of the molecule is C[C@H]1C[C@H](N)c2c(C(=O)OC(C)(C)C)ccc(F)c21. The van der Waals surface area contributed by atoms with Crippen LogP contribution in [0, 0.1) is 5.82 Å². The topological polar surface area (TPSA) is 52.3 Å². The van der Waals surface area contributed by atoms with E-state index in [0.717, 1.165) is 0 Å². The predicted octanol–water partition coefficient (Wildman–Crippen LogP) is 3.29. The van der Waals surface area contributed by atoms with Crippen molar-refractivity contribution in [1.29, 1.82) is 0 Å². The van der Waals surface area contributed by atoms with Crippen molar-refractivity contribution in [2.75, 3.05) is 0 Å². The molecule has 19 heavy (non-hydrogen) atoms. The van der Waals surface area contributed by atoms with Crippen LogP contribution in [-0.2, 0) is 4.74 Å². The fourth-order valence-corrected chi connectivity index (χ4v) is 2.64. The number of benzene rings is 1. The molecule has 1 aliphatic carbocycles. The summed E-state index contributed by atoms with van der Waals surface area (Å²) in [6.45, 7) is 7.33. The van der Waals surface area contributed by atoms with Crippen molar-refractivity contribution in [3.63, 3.8) is 0 Å². The van der Waals surface area contributed by atoms with Crippen molar-refractivity contribution in [2.24, 2.45) is 5.73 Å². The minimum atomic E-state index is -0.577. The molecule has 0 saturated carbocycles.